The van der Waals surface area contributed by atoms with E-state index in [9.17, 15) is 14.4 Å². The Morgan fingerprint density at radius 3 is 2.72 bits per heavy atom. The van der Waals surface area contributed by atoms with Crippen LogP contribution in [0.1, 0.15) is 30.1 Å². The normalized spacial score (nSPS) is 21.8. The number of amidine groups is 1. The molecule has 8 heteroatoms. The molecule has 0 spiro atoms. The third-order valence-corrected chi connectivity index (χ3v) is 5.33. The van der Waals surface area contributed by atoms with Crippen LogP contribution in [0.5, 0.6) is 5.75 Å². The van der Waals surface area contributed by atoms with E-state index in [2.05, 4.69) is 9.98 Å². The SMILES string of the molecule is CCOc1ccccc1C(=O)N1CCC(N2C(=O)N=C3N=CC=CC3C2=O)CC1. The first-order valence-corrected chi connectivity index (χ1v) is 9.77. The minimum Gasteiger partial charge on any atom is -0.493 e. The zero-order valence-corrected chi connectivity index (χ0v) is 16.2. The Hall–Kier alpha value is -3.29. The number of fused-ring (bicyclic) bond motifs is 1. The van der Waals surface area contributed by atoms with Crippen molar-refractivity contribution < 1.29 is 19.1 Å². The molecular weight excluding hydrogens is 372 g/mol. The summed E-state index contributed by atoms with van der Waals surface area (Å²) in [7, 11) is 0. The Kier molecular flexibility index (Phi) is 5.24. The van der Waals surface area contributed by atoms with Gasteiger partial charge in [-0.1, -0.05) is 18.2 Å². The van der Waals surface area contributed by atoms with E-state index < -0.39 is 11.9 Å². The summed E-state index contributed by atoms with van der Waals surface area (Å²) >= 11 is 0. The lowest BCUT2D eigenvalue weighted by molar-refractivity contribution is -0.131. The zero-order valence-electron chi connectivity index (χ0n) is 16.2. The van der Waals surface area contributed by atoms with Crippen LogP contribution in [0.3, 0.4) is 0 Å². The molecule has 1 aromatic rings. The number of hydrogen-bond donors (Lipinski definition) is 0. The van der Waals surface area contributed by atoms with E-state index in [1.807, 2.05) is 19.1 Å². The van der Waals surface area contributed by atoms with E-state index in [0.717, 1.165) is 0 Å². The predicted molar refractivity (Wildman–Crippen MR) is 107 cm³/mol. The number of rotatable bonds is 4. The van der Waals surface area contributed by atoms with Crippen LogP contribution in [0, 0.1) is 5.92 Å². The van der Waals surface area contributed by atoms with Gasteiger partial charge in [-0.25, -0.2) is 9.79 Å². The number of aliphatic imine (C=N–C) groups is 2. The number of imide groups is 1. The van der Waals surface area contributed by atoms with Crippen LogP contribution in [0.2, 0.25) is 0 Å². The molecule has 1 saturated heterocycles. The van der Waals surface area contributed by atoms with Crippen LogP contribution in [0.25, 0.3) is 0 Å². The Bertz CT molecular complexity index is 928. The van der Waals surface area contributed by atoms with Crippen molar-refractivity contribution in [2.75, 3.05) is 19.7 Å². The van der Waals surface area contributed by atoms with Crippen molar-refractivity contribution in [3.05, 3.63) is 42.0 Å². The number of para-hydroxylation sites is 1. The van der Waals surface area contributed by atoms with Gasteiger partial charge in [0, 0.05) is 25.3 Å². The topological polar surface area (TPSA) is 91.6 Å². The number of likely N-dealkylation sites (tertiary alicyclic amines) is 1. The van der Waals surface area contributed by atoms with Gasteiger partial charge in [0.1, 0.15) is 17.5 Å². The van der Waals surface area contributed by atoms with Gasteiger partial charge < -0.3 is 9.64 Å². The van der Waals surface area contributed by atoms with Gasteiger partial charge in [0.05, 0.1) is 12.2 Å². The number of carbonyl (C=O) groups excluding carboxylic acids is 3. The third kappa shape index (κ3) is 3.57. The van der Waals surface area contributed by atoms with E-state index in [1.54, 1.807) is 29.2 Å². The quantitative estimate of drug-likeness (QED) is 0.783. The maximum Gasteiger partial charge on any atom is 0.352 e. The van der Waals surface area contributed by atoms with Gasteiger partial charge in [-0.3, -0.25) is 14.5 Å². The van der Waals surface area contributed by atoms with Gasteiger partial charge in [0.2, 0.25) is 5.91 Å². The highest BCUT2D eigenvalue weighted by atomic mass is 16.5. The van der Waals surface area contributed by atoms with E-state index in [0.29, 0.717) is 43.9 Å². The first kappa shape index (κ1) is 19.0. The van der Waals surface area contributed by atoms with Crippen LogP contribution in [0.15, 0.2) is 46.4 Å². The van der Waals surface area contributed by atoms with E-state index >= 15 is 0 Å². The summed E-state index contributed by atoms with van der Waals surface area (Å²) in [4.78, 5) is 49.2. The number of benzene rings is 1. The van der Waals surface area contributed by atoms with Gasteiger partial charge in [-0.15, -0.1) is 0 Å². The molecule has 1 aromatic carbocycles. The van der Waals surface area contributed by atoms with Gasteiger partial charge in [0.15, 0.2) is 0 Å². The molecule has 3 aliphatic rings. The highest BCUT2D eigenvalue weighted by molar-refractivity contribution is 6.19. The number of amides is 4. The predicted octanol–water partition coefficient (Wildman–Crippen LogP) is 2.31. The molecule has 0 N–H and O–H groups in total. The lowest BCUT2D eigenvalue weighted by atomic mass is 9.97. The van der Waals surface area contributed by atoms with Crippen LogP contribution < -0.4 is 4.74 Å². The molecule has 150 valence electrons. The van der Waals surface area contributed by atoms with Crippen molar-refractivity contribution in [1.82, 2.24) is 9.80 Å². The molecule has 0 radical (unpaired) electrons. The summed E-state index contributed by atoms with van der Waals surface area (Å²) in [5.74, 6) is -0.183. The van der Waals surface area contributed by atoms with E-state index in [4.69, 9.17) is 4.74 Å². The summed E-state index contributed by atoms with van der Waals surface area (Å²) in [6.07, 6.45) is 5.95. The average Bonchev–Trinajstić information content (AvgIpc) is 2.74. The Morgan fingerprint density at radius 1 is 1.21 bits per heavy atom. The Labute approximate surface area is 168 Å². The second-order valence-corrected chi connectivity index (χ2v) is 7.05. The van der Waals surface area contributed by atoms with Crippen molar-refractivity contribution in [2.45, 2.75) is 25.8 Å². The molecule has 0 saturated carbocycles. The molecule has 3 aliphatic heterocycles. The van der Waals surface area contributed by atoms with Crippen LogP contribution in [-0.2, 0) is 4.79 Å². The highest BCUT2D eigenvalue weighted by Gasteiger charge is 2.41. The lowest BCUT2D eigenvalue weighted by Crippen LogP contribution is -2.54. The molecule has 0 bridgehead atoms. The number of allylic oxidation sites excluding steroid dienone is 1. The molecule has 1 atom stereocenters. The first-order valence-electron chi connectivity index (χ1n) is 9.77. The smallest absolute Gasteiger partial charge is 0.352 e. The van der Waals surface area contributed by atoms with Gasteiger partial charge in [-0.05, 0) is 38.0 Å². The largest absolute Gasteiger partial charge is 0.493 e. The van der Waals surface area contributed by atoms with Crippen LogP contribution in [-0.4, -0.2) is 65.4 Å². The molecule has 3 heterocycles. The lowest BCUT2D eigenvalue weighted by Gasteiger charge is -2.39. The maximum atomic E-state index is 12.9. The summed E-state index contributed by atoms with van der Waals surface area (Å²) in [6, 6.07) is 6.34. The number of nitrogens with zero attached hydrogens (tertiary/aromatic N) is 4. The minimum absolute atomic E-state index is 0.103. The van der Waals surface area contributed by atoms with Gasteiger partial charge in [-0.2, -0.15) is 4.99 Å². The fraction of sp³-hybridized carbons (Fsp3) is 0.381. The molecule has 1 fully saturated rings. The number of piperidine rings is 1. The van der Waals surface area contributed by atoms with Crippen molar-refractivity contribution in [1.29, 1.82) is 0 Å². The van der Waals surface area contributed by atoms with Gasteiger partial charge in [0.25, 0.3) is 5.91 Å². The summed E-state index contributed by atoms with van der Waals surface area (Å²) in [5.41, 5.74) is 0.525. The molecule has 0 aliphatic carbocycles. The number of urea groups is 1. The number of dihydropyridines is 1. The van der Waals surface area contributed by atoms with Crippen molar-refractivity contribution >= 4 is 29.9 Å². The minimum atomic E-state index is -0.601. The molecule has 1 unspecified atom stereocenters. The fourth-order valence-electron chi connectivity index (χ4n) is 3.89. The number of carbonyl (C=O) groups is 3. The van der Waals surface area contributed by atoms with Gasteiger partial charge >= 0.3 is 6.03 Å². The number of ether oxygens (including phenoxy) is 1. The van der Waals surface area contributed by atoms with E-state index in [-0.39, 0.29) is 23.7 Å². The second-order valence-electron chi connectivity index (χ2n) is 7.05. The highest BCUT2D eigenvalue weighted by Crippen LogP contribution is 2.27. The van der Waals surface area contributed by atoms with E-state index in [1.165, 1.54) is 11.1 Å². The Morgan fingerprint density at radius 2 is 1.97 bits per heavy atom. The van der Waals surface area contributed by atoms with Crippen LogP contribution >= 0.6 is 0 Å². The average molecular weight is 394 g/mol. The molecule has 4 rings (SSSR count). The molecular formula is C21H22N4O4. The molecule has 4 amide bonds. The summed E-state index contributed by atoms with van der Waals surface area (Å²) < 4.78 is 5.57. The first-order chi connectivity index (χ1) is 14.1. The monoisotopic (exact) mass is 394 g/mol. The van der Waals surface area contributed by atoms with Crippen molar-refractivity contribution in [3.8, 4) is 5.75 Å². The fourth-order valence-corrected chi connectivity index (χ4v) is 3.89. The molecule has 0 aromatic heterocycles. The second kappa shape index (κ2) is 7.98. The standard InChI is InChI=1S/C21H22N4O4/c1-2-29-17-8-4-3-6-15(17)19(26)24-12-9-14(10-13-24)25-20(27)16-7-5-11-22-18(16)23-21(25)28/h3-8,11,14,16H,2,9-10,12-13H2,1H3. The van der Waals surface area contributed by atoms with Crippen molar-refractivity contribution in [2.24, 2.45) is 15.9 Å². The van der Waals surface area contributed by atoms with Crippen molar-refractivity contribution in [3.63, 3.8) is 0 Å². The maximum absolute atomic E-state index is 12.9. The molecule has 8 nitrogen and oxygen atoms in total. The molecule has 29 heavy (non-hydrogen) atoms. The Balaban J connectivity index is 1.45. The number of hydrogen-bond acceptors (Lipinski definition) is 5. The van der Waals surface area contributed by atoms with Crippen LogP contribution in [0.4, 0.5) is 4.79 Å². The summed E-state index contributed by atoms with van der Waals surface area (Å²) in [6.45, 7) is 3.26. The third-order valence-electron chi connectivity index (χ3n) is 5.33. The summed E-state index contributed by atoms with van der Waals surface area (Å²) in [5, 5.41) is 0. The zero-order chi connectivity index (χ0) is 20.4.